The first-order chi connectivity index (χ1) is 8.08. The molecule has 0 aliphatic heterocycles. The lowest BCUT2D eigenvalue weighted by Crippen LogP contribution is -2.12. The molecule has 0 atom stereocenters. The predicted molar refractivity (Wildman–Crippen MR) is 66.8 cm³/mol. The minimum Gasteiger partial charge on any atom is -0.347 e. The molecule has 1 aromatic carbocycles. The van der Waals surface area contributed by atoms with E-state index in [2.05, 4.69) is 9.97 Å². The fourth-order valence-corrected chi connectivity index (χ4v) is 1.56. The van der Waals surface area contributed by atoms with Gasteiger partial charge in [-0.3, -0.25) is 0 Å². The van der Waals surface area contributed by atoms with Crippen LogP contribution in [-0.4, -0.2) is 24.1 Å². The monoisotopic (exact) mass is 251 g/mol. The van der Waals surface area contributed by atoms with E-state index >= 15 is 0 Å². The molecular formula is C12H11ClFN3. The summed E-state index contributed by atoms with van der Waals surface area (Å²) in [4.78, 5) is 10.2. The van der Waals surface area contributed by atoms with Crippen molar-refractivity contribution in [3.63, 3.8) is 0 Å². The molecular weight excluding hydrogens is 241 g/mol. The van der Waals surface area contributed by atoms with E-state index in [1.807, 2.05) is 14.1 Å². The molecule has 0 fully saturated rings. The van der Waals surface area contributed by atoms with Crippen LogP contribution in [0.5, 0.6) is 0 Å². The van der Waals surface area contributed by atoms with Crippen molar-refractivity contribution in [2.45, 2.75) is 0 Å². The summed E-state index contributed by atoms with van der Waals surface area (Å²) >= 11 is 5.72. The molecule has 0 spiro atoms. The van der Waals surface area contributed by atoms with Gasteiger partial charge in [0.1, 0.15) is 5.82 Å². The predicted octanol–water partition coefficient (Wildman–Crippen LogP) is 3.00. The summed E-state index contributed by atoms with van der Waals surface area (Å²) in [6.07, 6.45) is 3.37. The average molecular weight is 252 g/mol. The highest BCUT2D eigenvalue weighted by Crippen LogP contribution is 2.24. The Morgan fingerprint density at radius 3 is 2.29 bits per heavy atom. The van der Waals surface area contributed by atoms with Gasteiger partial charge in [-0.15, -0.1) is 0 Å². The van der Waals surface area contributed by atoms with Gasteiger partial charge in [0, 0.05) is 32.1 Å². The Balaban J connectivity index is 2.36. The van der Waals surface area contributed by atoms with Crippen LogP contribution >= 0.6 is 11.6 Å². The van der Waals surface area contributed by atoms with Gasteiger partial charge in [-0.05, 0) is 17.7 Å². The first-order valence-electron chi connectivity index (χ1n) is 5.02. The lowest BCUT2D eigenvalue weighted by molar-refractivity contribution is 0.628. The Bertz CT molecular complexity index is 526. The lowest BCUT2D eigenvalue weighted by atomic mass is 10.1. The summed E-state index contributed by atoms with van der Waals surface area (Å²) < 4.78 is 13.0. The molecule has 0 unspecified atom stereocenters. The van der Waals surface area contributed by atoms with Crippen LogP contribution < -0.4 is 4.90 Å². The zero-order valence-corrected chi connectivity index (χ0v) is 10.2. The van der Waals surface area contributed by atoms with E-state index in [-0.39, 0.29) is 5.02 Å². The maximum Gasteiger partial charge on any atom is 0.224 e. The Labute approximate surface area is 104 Å². The van der Waals surface area contributed by atoms with Gasteiger partial charge in [0.2, 0.25) is 5.95 Å². The van der Waals surface area contributed by atoms with E-state index in [1.54, 1.807) is 29.4 Å². The normalized spacial score (nSPS) is 10.4. The van der Waals surface area contributed by atoms with Gasteiger partial charge in [0.15, 0.2) is 0 Å². The first kappa shape index (κ1) is 11.8. The van der Waals surface area contributed by atoms with Crippen LogP contribution in [0.25, 0.3) is 11.1 Å². The van der Waals surface area contributed by atoms with E-state index in [1.165, 1.54) is 6.07 Å². The molecule has 1 aromatic heterocycles. The molecule has 88 valence electrons. The molecule has 0 N–H and O–H groups in total. The third kappa shape index (κ3) is 2.53. The summed E-state index contributed by atoms with van der Waals surface area (Å²) in [5, 5.41) is 0.0965. The van der Waals surface area contributed by atoms with E-state index in [0.717, 1.165) is 11.1 Å². The number of hydrogen-bond acceptors (Lipinski definition) is 3. The van der Waals surface area contributed by atoms with Crippen LogP contribution in [0.15, 0.2) is 30.6 Å². The van der Waals surface area contributed by atoms with Crippen molar-refractivity contribution in [3.8, 4) is 11.1 Å². The van der Waals surface area contributed by atoms with Crippen LogP contribution in [0.2, 0.25) is 5.02 Å². The SMILES string of the molecule is CN(C)c1ncc(-c2ccc(F)c(Cl)c2)cn1. The van der Waals surface area contributed by atoms with Crippen molar-refractivity contribution in [1.29, 1.82) is 0 Å². The highest BCUT2D eigenvalue weighted by molar-refractivity contribution is 6.31. The largest absolute Gasteiger partial charge is 0.347 e. The Kier molecular flexibility index (Phi) is 3.24. The minimum absolute atomic E-state index is 0.0965. The van der Waals surface area contributed by atoms with Crippen molar-refractivity contribution >= 4 is 17.5 Å². The second-order valence-corrected chi connectivity index (χ2v) is 4.20. The maximum absolute atomic E-state index is 13.0. The number of hydrogen-bond donors (Lipinski definition) is 0. The molecule has 0 bridgehead atoms. The summed E-state index contributed by atoms with van der Waals surface area (Å²) in [6.45, 7) is 0. The van der Waals surface area contributed by atoms with Gasteiger partial charge in [0.05, 0.1) is 5.02 Å². The third-order valence-electron chi connectivity index (χ3n) is 2.29. The lowest BCUT2D eigenvalue weighted by Gasteiger charge is -2.09. The van der Waals surface area contributed by atoms with Crippen LogP contribution in [0, 0.1) is 5.82 Å². The van der Waals surface area contributed by atoms with Gasteiger partial charge in [-0.25, -0.2) is 14.4 Å². The summed E-state index contributed by atoms with van der Waals surface area (Å²) in [6, 6.07) is 4.54. The van der Waals surface area contributed by atoms with E-state index in [9.17, 15) is 4.39 Å². The van der Waals surface area contributed by atoms with Gasteiger partial charge in [0.25, 0.3) is 0 Å². The topological polar surface area (TPSA) is 29.0 Å². The Hall–Kier alpha value is -1.68. The molecule has 5 heteroatoms. The zero-order chi connectivity index (χ0) is 12.4. The van der Waals surface area contributed by atoms with E-state index in [0.29, 0.717) is 5.95 Å². The third-order valence-corrected chi connectivity index (χ3v) is 2.58. The van der Waals surface area contributed by atoms with Gasteiger partial charge >= 0.3 is 0 Å². The molecule has 0 aliphatic rings. The standard InChI is InChI=1S/C12H11ClFN3/c1-17(2)12-15-6-9(7-16-12)8-3-4-11(14)10(13)5-8/h3-7H,1-2H3. The molecule has 0 aliphatic carbocycles. The van der Waals surface area contributed by atoms with Gasteiger partial charge in [-0.1, -0.05) is 17.7 Å². The molecule has 0 saturated heterocycles. The molecule has 0 amide bonds. The molecule has 2 aromatic rings. The zero-order valence-electron chi connectivity index (χ0n) is 9.48. The van der Waals surface area contributed by atoms with Crippen LogP contribution in [0.4, 0.5) is 10.3 Å². The number of anilines is 1. The highest BCUT2D eigenvalue weighted by atomic mass is 35.5. The van der Waals surface area contributed by atoms with Crippen molar-refractivity contribution in [3.05, 3.63) is 41.4 Å². The van der Waals surface area contributed by atoms with Crippen molar-refractivity contribution in [2.24, 2.45) is 0 Å². The first-order valence-corrected chi connectivity index (χ1v) is 5.40. The molecule has 17 heavy (non-hydrogen) atoms. The minimum atomic E-state index is -0.429. The number of rotatable bonds is 2. The molecule has 3 nitrogen and oxygen atoms in total. The van der Waals surface area contributed by atoms with E-state index < -0.39 is 5.82 Å². The second kappa shape index (κ2) is 4.67. The number of benzene rings is 1. The van der Waals surface area contributed by atoms with Crippen LogP contribution in [-0.2, 0) is 0 Å². The second-order valence-electron chi connectivity index (χ2n) is 3.80. The molecule has 0 radical (unpaired) electrons. The number of aromatic nitrogens is 2. The maximum atomic E-state index is 13.0. The fraction of sp³-hybridized carbons (Fsp3) is 0.167. The highest BCUT2D eigenvalue weighted by Gasteiger charge is 2.05. The summed E-state index contributed by atoms with van der Waals surface area (Å²) in [7, 11) is 3.73. The Morgan fingerprint density at radius 2 is 1.76 bits per heavy atom. The smallest absolute Gasteiger partial charge is 0.224 e. The van der Waals surface area contributed by atoms with Gasteiger partial charge in [-0.2, -0.15) is 0 Å². The number of halogens is 2. The van der Waals surface area contributed by atoms with Crippen molar-refractivity contribution in [2.75, 3.05) is 19.0 Å². The van der Waals surface area contributed by atoms with E-state index in [4.69, 9.17) is 11.6 Å². The molecule has 2 rings (SSSR count). The summed E-state index contributed by atoms with van der Waals surface area (Å²) in [5.41, 5.74) is 1.60. The van der Waals surface area contributed by atoms with Crippen molar-refractivity contribution in [1.82, 2.24) is 9.97 Å². The molecule has 0 saturated carbocycles. The number of nitrogens with zero attached hydrogens (tertiary/aromatic N) is 3. The van der Waals surface area contributed by atoms with Crippen LogP contribution in [0.1, 0.15) is 0 Å². The Morgan fingerprint density at radius 1 is 1.12 bits per heavy atom. The fourth-order valence-electron chi connectivity index (χ4n) is 1.38. The average Bonchev–Trinajstić information content (AvgIpc) is 2.33. The quantitative estimate of drug-likeness (QED) is 0.822. The van der Waals surface area contributed by atoms with Gasteiger partial charge < -0.3 is 4.90 Å². The van der Waals surface area contributed by atoms with Crippen LogP contribution in [0.3, 0.4) is 0 Å². The summed E-state index contributed by atoms with van der Waals surface area (Å²) in [5.74, 6) is 0.197. The molecule has 1 heterocycles. The van der Waals surface area contributed by atoms with Crippen molar-refractivity contribution < 1.29 is 4.39 Å².